The Labute approximate surface area is 138 Å². The van der Waals surface area contributed by atoms with Gasteiger partial charge < -0.3 is 5.32 Å². The van der Waals surface area contributed by atoms with E-state index in [1.165, 1.54) is 6.26 Å². The van der Waals surface area contributed by atoms with Gasteiger partial charge in [0.05, 0.1) is 16.5 Å². The number of hydrogen-bond donors (Lipinski definition) is 1. The maximum absolute atomic E-state index is 11.6. The maximum atomic E-state index is 11.6. The normalized spacial score (nSPS) is 11.8. The van der Waals surface area contributed by atoms with Crippen LogP contribution in [0.5, 0.6) is 0 Å². The van der Waals surface area contributed by atoms with Crippen LogP contribution < -0.4 is 5.32 Å². The molecule has 0 aliphatic carbocycles. The Morgan fingerprint density at radius 3 is 2.83 bits per heavy atom. The molecule has 1 aromatic carbocycles. The van der Waals surface area contributed by atoms with Crippen LogP contribution >= 0.6 is 11.6 Å². The third-order valence-corrected chi connectivity index (χ3v) is 4.63. The molecule has 0 aliphatic heterocycles. The number of hydrogen-bond acceptors (Lipinski definition) is 6. The van der Waals surface area contributed by atoms with Crippen molar-refractivity contribution >= 4 is 38.3 Å². The van der Waals surface area contributed by atoms with Crippen molar-refractivity contribution in [1.82, 2.24) is 19.7 Å². The minimum absolute atomic E-state index is 0.119. The summed E-state index contributed by atoms with van der Waals surface area (Å²) >= 11 is 5.94. The highest BCUT2D eigenvalue weighted by molar-refractivity contribution is 7.90. The Balaban J connectivity index is 1.90. The zero-order valence-electron chi connectivity index (χ0n) is 12.5. The van der Waals surface area contributed by atoms with Gasteiger partial charge in [0.25, 0.3) is 0 Å². The van der Waals surface area contributed by atoms with Crippen LogP contribution in [0.4, 0.5) is 5.82 Å². The van der Waals surface area contributed by atoms with Crippen LogP contribution in [0, 0.1) is 0 Å². The van der Waals surface area contributed by atoms with Gasteiger partial charge in [0.1, 0.15) is 5.82 Å². The van der Waals surface area contributed by atoms with Crippen LogP contribution in [0.2, 0.25) is 5.28 Å². The van der Waals surface area contributed by atoms with Crippen LogP contribution in [-0.2, 0) is 23.4 Å². The summed E-state index contributed by atoms with van der Waals surface area (Å²) in [6, 6.07) is 6.75. The first kappa shape index (κ1) is 15.7. The lowest BCUT2D eigenvalue weighted by atomic mass is 10.2. The van der Waals surface area contributed by atoms with E-state index < -0.39 is 9.84 Å². The Morgan fingerprint density at radius 2 is 2.09 bits per heavy atom. The second-order valence-electron chi connectivity index (χ2n) is 5.12. The van der Waals surface area contributed by atoms with Crippen LogP contribution in [0.1, 0.15) is 5.56 Å². The van der Waals surface area contributed by atoms with Crippen molar-refractivity contribution in [1.29, 1.82) is 0 Å². The van der Waals surface area contributed by atoms with Crippen LogP contribution in [0.25, 0.3) is 11.0 Å². The van der Waals surface area contributed by atoms with Crippen molar-refractivity contribution in [2.24, 2.45) is 7.05 Å². The largest absolute Gasteiger partial charge is 0.365 e. The molecule has 0 atom stereocenters. The highest BCUT2D eigenvalue weighted by atomic mass is 35.5. The summed E-state index contributed by atoms with van der Waals surface area (Å²) in [5, 5.41) is 8.15. The lowest BCUT2D eigenvalue weighted by molar-refractivity contribution is 0.601. The third-order valence-electron chi connectivity index (χ3n) is 3.35. The molecule has 3 rings (SSSR count). The van der Waals surface area contributed by atoms with E-state index in [0.29, 0.717) is 18.0 Å². The van der Waals surface area contributed by atoms with E-state index in [4.69, 9.17) is 11.6 Å². The summed E-state index contributed by atoms with van der Waals surface area (Å²) in [6.45, 7) is 0.403. The summed E-state index contributed by atoms with van der Waals surface area (Å²) < 4.78 is 24.8. The number of anilines is 1. The van der Waals surface area contributed by atoms with Crippen LogP contribution in [-0.4, -0.2) is 34.4 Å². The second kappa shape index (κ2) is 5.78. The van der Waals surface area contributed by atoms with Gasteiger partial charge in [-0.05, 0) is 29.3 Å². The van der Waals surface area contributed by atoms with E-state index >= 15 is 0 Å². The van der Waals surface area contributed by atoms with Gasteiger partial charge in [-0.15, -0.1) is 0 Å². The Bertz CT molecular complexity index is 984. The predicted molar refractivity (Wildman–Crippen MR) is 88.2 cm³/mol. The van der Waals surface area contributed by atoms with E-state index in [1.807, 2.05) is 6.07 Å². The molecule has 0 aliphatic rings. The summed E-state index contributed by atoms with van der Waals surface area (Å²) in [7, 11) is -1.47. The Morgan fingerprint density at radius 1 is 1.30 bits per heavy atom. The molecule has 0 saturated heterocycles. The topological polar surface area (TPSA) is 89.8 Å². The standard InChI is InChI=1S/C14H14ClN5O2S/c1-20-13-11(8-17-20)12(18-14(15)19-13)16-7-9-4-3-5-10(6-9)23(2,21)22/h3-6,8H,7H2,1-2H3,(H,16,18,19). The van der Waals surface area contributed by atoms with E-state index in [1.54, 1.807) is 36.1 Å². The maximum Gasteiger partial charge on any atom is 0.226 e. The number of benzene rings is 1. The van der Waals surface area contributed by atoms with Gasteiger partial charge in [0, 0.05) is 19.8 Å². The van der Waals surface area contributed by atoms with E-state index in [2.05, 4.69) is 20.4 Å². The van der Waals surface area contributed by atoms with Gasteiger partial charge in [-0.2, -0.15) is 15.1 Å². The first-order valence-corrected chi connectivity index (χ1v) is 8.99. The molecule has 120 valence electrons. The van der Waals surface area contributed by atoms with E-state index in [9.17, 15) is 8.42 Å². The number of sulfone groups is 1. The van der Waals surface area contributed by atoms with Gasteiger partial charge in [-0.1, -0.05) is 12.1 Å². The summed E-state index contributed by atoms with van der Waals surface area (Å²) in [6.07, 6.45) is 2.84. The highest BCUT2D eigenvalue weighted by Crippen LogP contribution is 2.22. The highest BCUT2D eigenvalue weighted by Gasteiger charge is 2.11. The van der Waals surface area contributed by atoms with Gasteiger partial charge in [0.15, 0.2) is 15.5 Å². The molecule has 0 unspecified atom stereocenters. The Hall–Kier alpha value is -2.19. The monoisotopic (exact) mass is 351 g/mol. The second-order valence-corrected chi connectivity index (χ2v) is 7.47. The molecular weight excluding hydrogens is 338 g/mol. The van der Waals surface area contributed by atoms with Crippen molar-refractivity contribution in [2.45, 2.75) is 11.4 Å². The fourth-order valence-electron chi connectivity index (χ4n) is 2.20. The van der Waals surface area contributed by atoms with Crippen molar-refractivity contribution < 1.29 is 8.42 Å². The first-order valence-electron chi connectivity index (χ1n) is 6.73. The predicted octanol–water partition coefficient (Wildman–Crippen LogP) is 2.03. The summed E-state index contributed by atoms with van der Waals surface area (Å²) in [5.74, 6) is 0.554. The minimum Gasteiger partial charge on any atom is -0.365 e. The molecule has 0 amide bonds. The lowest BCUT2D eigenvalue weighted by Gasteiger charge is -2.08. The molecule has 2 heterocycles. The van der Waals surface area contributed by atoms with Crippen molar-refractivity contribution in [3.63, 3.8) is 0 Å². The van der Waals surface area contributed by atoms with Gasteiger partial charge in [-0.25, -0.2) is 8.42 Å². The molecule has 0 bridgehead atoms. The number of aromatic nitrogens is 4. The average molecular weight is 352 g/mol. The number of rotatable bonds is 4. The van der Waals surface area contributed by atoms with Gasteiger partial charge in [0.2, 0.25) is 5.28 Å². The SMILES string of the molecule is Cn1ncc2c(NCc3cccc(S(C)(=O)=O)c3)nc(Cl)nc21. The molecule has 0 saturated carbocycles. The molecule has 1 N–H and O–H groups in total. The zero-order valence-corrected chi connectivity index (χ0v) is 14.1. The fourth-order valence-corrected chi connectivity index (χ4v) is 3.06. The molecule has 9 heteroatoms. The number of halogens is 1. The van der Waals surface area contributed by atoms with E-state index in [-0.39, 0.29) is 10.2 Å². The first-order chi connectivity index (χ1) is 10.8. The molecule has 0 spiro atoms. The molecule has 7 nitrogen and oxygen atoms in total. The van der Waals surface area contributed by atoms with Gasteiger partial charge >= 0.3 is 0 Å². The van der Waals surface area contributed by atoms with Gasteiger partial charge in [-0.3, -0.25) is 4.68 Å². The van der Waals surface area contributed by atoms with E-state index in [0.717, 1.165) is 10.9 Å². The van der Waals surface area contributed by atoms with Crippen molar-refractivity contribution in [3.8, 4) is 0 Å². The molecule has 2 aromatic heterocycles. The van der Waals surface area contributed by atoms with Crippen molar-refractivity contribution in [2.75, 3.05) is 11.6 Å². The summed E-state index contributed by atoms with van der Waals surface area (Å²) in [4.78, 5) is 8.59. The van der Waals surface area contributed by atoms with Crippen LogP contribution in [0.15, 0.2) is 35.4 Å². The quantitative estimate of drug-likeness (QED) is 0.723. The molecule has 0 radical (unpaired) electrons. The zero-order chi connectivity index (χ0) is 16.6. The van der Waals surface area contributed by atoms with Crippen molar-refractivity contribution in [3.05, 3.63) is 41.3 Å². The summed E-state index contributed by atoms with van der Waals surface area (Å²) in [5.41, 5.74) is 1.44. The third kappa shape index (κ3) is 3.27. The Kier molecular flexibility index (Phi) is 3.95. The molecule has 23 heavy (non-hydrogen) atoms. The van der Waals surface area contributed by atoms with Crippen LogP contribution in [0.3, 0.4) is 0 Å². The average Bonchev–Trinajstić information content (AvgIpc) is 2.86. The lowest BCUT2D eigenvalue weighted by Crippen LogP contribution is -2.05. The minimum atomic E-state index is -3.23. The number of nitrogens with zero attached hydrogens (tertiary/aromatic N) is 4. The molecule has 3 aromatic rings. The number of aryl methyl sites for hydroxylation is 1. The number of nitrogens with one attached hydrogen (secondary N) is 1. The number of fused-ring (bicyclic) bond motifs is 1. The fraction of sp³-hybridized carbons (Fsp3) is 0.214. The molecule has 0 fully saturated rings. The smallest absolute Gasteiger partial charge is 0.226 e. The molecular formula is C14H14ClN5O2S.